The fourth-order valence-electron chi connectivity index (χ4n) is 3.51. The number of rotatable bonds is 1. The van der Waals surface area contributed by atoms with E-state index in [0.29, 0.717) is 12.8 Å². The number of carbonyl (C=O) groups excluding carboxylic acids is 1. The minimum atomic E-state index is -1.00. The lowest BCUT2D eigenvalue weighted by Crippen LogP contribution is -2.61. The van der Waals surface area contributed by atoms with Gasteiger partial charge in [-0.25, -0.2) is 0 Å². The monoisotopic (exact) mass is 242 g/mol. The summed E-state index contributed by atoms with van der Waals surface area (Å²) in [6, 6.07) is 0. The Bertz CT molecular complexity index is 366. The number of hydrogen-bond acceptors (Lipinski definition) is 5. The van der Waals surface area contributed by atoms with Crippen LogP contribution in [0.3, 0.4) is 0 Å². The van der Waals surface area contributed by atoms with E-state index in [0.717, 1.165) is 0 Å². The van der Waals surface area contributed by atoms with Gasteiger partial charge in [0.1, 0.15) is 5.60 Å². The third kappa shape index (κ3) is 1.33. The molecule has 1 unspecified atom stereocenters. The average molecular weight is 242 g/mol. The second kappa shape index (κ2) is 3.22. The number of ether oxygens (including phenoxy) is 3. The summed E-state index contributed by atoms with van der Waals surface area (Å²) in [7, 11) is 0. The van der Waals surface area contributed by atoms with Gasteiger partial charge in [-0.2, -0.15) is 0 Å². The molecule has 2 heterocycles. The lowest BCUT2D eigenvalue weighted by molar-refractivity contribution is -0.295. The van der Waals surface area contributed by atoms with Crippen LogP contribution in [-0.2, 0) is 19.0 Å². The third-order valence-electron chi connectivity index (χ3n) is 4.50. The standard InChI is InChI=1S/C12H18O5/c1-6-8-4-12(15-7(2)13)11(3,5-9(8)14)16-10(6)17-12/h6,8-10,14H,4-5H2,1-3H3/t6?,8-,9-,10+,11+,12-/m1/s1. The highest BCUT2D eigenvalue weighted by Crippen LogP contribution is 2.58. The summed E-state index contributed by atoms with van der Waals surface area (Å²) in [6.45, 7) is 5.23. The van der Waals surface area contributed by atoms with Crippen molar-refractivity contribution in [1.29, 1.82) is 0 Å². The molecule has 3 bridgehead atoms. The molecule has 3 aliphatic rings. The van der Waals surface area contributed by atoms with E-state index in [1.165, 1.54) is 6.92 Å². The molecule has 1 N–H and O–H groups in total. The first kappa shape index (κ1) is 11.4. The first-order chi connectivity index (χ1) is 7.87. The molecule has 0 spiro atoms. The van der Waals surface area contributed by atoms with Crippen molar-refractivity contribution < 1.29 is 24.1 Å². The van der Waals surface area contributed by atoms with Gasteiger partial charge in [0.15, 0.2) is 6.29 Å². The number of aliphatic hydroxyl groups is 1. The second-order valence-corrected chi connectivity index (χ2v) is 5.68. The summed E-state index contributed by atoms with van der Waals surface area (Å²) >= 11 is 0. The molecule has 0 aromatic rings. The second-order valence-electron chi connectivity index (χ2n) is 5.68. The van der Waals surface area contributed by atoms with Crippen LogP contribution < -0.4 is 0 Å². The number of aliphatic hydroxyl groups excluding tert-OH is 1. The van der Waals surface area contributed by atoms with Gasteiger partial charge in [0, 0.05) is 25.7 Å². The fraction of sp³-hybridized carbons (Fsp3) is 0.917. The predicted octanol–water partition coefficient (Wildman–Crippen LogP) is 0.798. The summed E-state index contributed by atoms with van der Waals surface area (Å²) in [4.78, 5) is 11.3. The smallest absolute Gasteiger partial charge is 0.305 e. The molecule has 0 aromatic carbocycles. The van der Waals surface area contributed by atoms with Crippen LogP contribution >= 0.6 is 0 Å². The topological polar surface area (TPSA) is 65.0 Å². The van der Waals surface area contributed by atoms with Crippen molar-refractivity contribution in [3.8, 4) is 0 Å². The van der Waals surface area contributed by atoms with Crippen molar-refractivity contribution in [2.75, 3.05) is 0 Å². The summed E-state index contributed by atoms with van der Waals surface area (Å²) in [5.74, 6) is -1.17. The van der Waals surface area contributed by atoms with Crippen LogP contribution in [0.4, 0.5) is 0 Å². The molecule has 17 heavy (non-hydrogen) atoms. The summed E-state index contributed by atoms with van der Waals surface area (Å²) in [5, 5.41) is 10.1. The predicted molar refractivity (Wildman–Crippen MR) is 56.8 cm³/mol. The molecule has 2 aliphatic heterocycles. The lowest BCUT2D eigenvalue weighted by Gasteiger charge is -2.49. The molecule has 0 aromatic heterocycles. The molecule has 2 saturated heterocycles. The molecule has 5 heteroatoms. The Labute approximate surface area is 100 Å². The maximum atomic E-state index is 11.3. The quantitative estimate of drug-likeness (QED) is 0.689. The van der Waals surface area contributed by atoms with Crippen LogP contribution in [0, 0.1) is 11.8 Å². The maximum Gasteiger partial charge on any atom is 0.305 e. The van der Waals surface area contributed by atoms with Gasteiger partial charge in [0.05, 0.1) is 6.10 Å². The van der Waals surface area contributed by atoms with Crippen LogP contribution in [0.15, 0.2) is 0 Å². The van der Waals surface area contributed by atoms with Gasteiger partial charge >= 0.3 is 5.97 Å². The number of esters is 1. The van der Waals surface area contributed by atoms with E-state index < -0.39 is 17.5 Å². The first-order valence-corrected chi connectivity index (χ1v) is 6.10. The molecule has 3 fully saturated rings. The van der Waals surface area contributed by atoms with E-state index in [2.05, 4.69) is 0 Å². The zero-order valence-electron chi connectivity index (χ0n) is 10.3. The Hall–Kier alpha value is -0.650. The molecule has 0 amide bonds. The van der Waals surface area contributed by atoms with Crippen molar-refractivity contribution in [2.45, 2.75) is 57.4 Å². The van der Waals surface area contributed by atoms with Gasteiger partial charge in [-0.3, -0.25) is 4.79 Å². The molecular formula is C12H18O5. The Morgan fingerprint density at radius 1 is 1.41 bits per heavy atom. The Morgan fingerprint density at radius 3 is 2.76 bits per heavy atom. The molecule has 96 valence electrons. The Morgan fingerprint density at radius 2 is 2.12 bits per heavy atom. The summed E-state index contributed by atoms with van der Waals surface area (Å²) in [6.07, 6.45) is 0.177. The van der Waals surface area contributed by atoms with Gasteiger partial charge in [0.25, 0.3) is 0 Å². The van der Waals surface area contributed by atoms with Crippen molar-refractivity contribution in [3.63, 3.8) is 0 Å². The highest BCUT2D eigenvalue weighted by Gasteiger charge is 2.71. The van der Waals surface area contributed by atoms with E-state index in [1.54, 1.807) is 0 Å². The molecule has 1 saturated carbocycles. The van der Waals surface area contributed by atoms with Gasteiger partial charge in [-0.05, 0) is 12.8 Å². The largest absolute Gasteiger partial charge is 0.430 e. The zero-order chi connectivity index (χ0) is 12.4. The highest BCUT2D eigenvalue weighted by atomic mass is 16.8. The van der Waals surface area contributed by atoms with Crippen LogP contribution in [0.1, 0.15) is 33.6 Å². The first-order valence-electron chi connectivity index (χ1n) is 6.10. The third-order valence-corrected chi connectivity index (χ3v) is 4.50. The van der Waals surface area contributed by atoms with Gasteiger partial charge in [-0.1, -0.05) is 6.92 Å². The SMILES string of the molecule is CC(=O)O[C@]12C[C@@H]3C(C)[C@H](O1)O[C@@]2(C)C[C@H]3O. The minimum Gasteiger partial charge on any atom is -0.430 e. The van der Waals surface area contributed by atoms with Crippen LogP contribution in [0.25, 0.3) is 0 Å². The van der Waals surface area contributed by atoms with Crippen molar-refractivity contribution in [1.82, 2.24) is 0 Å². The average Bonchev–Trinajstić information content (AvgIpc) is 2.39. The molecule has 6 atom stereocenters. The van der Waals surface area contributed by atoms with Crippen LogP contribution in [0.5, 0.6) is 0 Å². The lowest BCUT2D eigenvalue weighted by atomic mass is 9.69. The van der Waals surface area contributed by atoms with Crippen molar-refractivity contribution in [2.24, 2.45) is 11.8 Å². The summed E-state index contributed by atoms with van der Waals surface area (Å²) < 4.78 is 17.1. The number of hydrogen-bond donors (Lipinski definition) is 1. The maximum absolute atomic E-state index is 11.3. The Kier molecular flexibility index (Phi) is 2.16. The molecular weight excluding hydrogens is 224 g/mol. The Balaban J connectivity index is 2.01. The van der Waals surface area contributed by atoms with Gasteiger partial charge in [0.2, 0.25) is 5.79 Å². The fourth-order valence-corrected chi connectivity index (χ4v) is 3.51. The molecule has 3 rings (SSSR count). The van der Waals surface area contributed by atoms with E-state index in [-0.39, 0.29) is 24.1 Å². The van der Waals surface area contributed by atoms with E-state index in [4.69, 9.17) is 14.2 Å². The normalized spacial score (nSPS) is 56.0. The van der Waals surface area contributed by atoms with E-state index in [1.807, 2.05) is 13.8 Å². The molecule has 5 nitrogen and oxygen atoms in total. The molecule has 1 aliphatic carbocycles. The van der Waals surface area contributed by atoms with Crippen LogP contribution in [0.2, 0.25) is 0 Å². The number of carbonyl (C=O) groups is 1. The van der Waals surface area contributed by atoms with Crippen molar-refractivity contribution >= 4 is 5.97 Å². The zero-order valence-corrected chi connectivity index (χ0v) is 10.3. The van der Waals surface area contributed by atoms with E-state index >= 15 is 0 Å². The highest BCUT2D eigenvalue weighted by molar-refractivity contribution is 5.66. The molecule has 0 radical (unpaired) electrons. The minimum absolute atomic E-state index is 0.0728. The van der Waals surface area contributed by atoms with Gasteiger partial charge < -0.3 is 19.3 Å². The van der Waals surface area contributed by atoms with Gasteiger partial charge in [-0.15, -0.1) is 0 Å². The summed E-state index contributed by atoms with van der Waals surface area (Å²) in [5.41, 5.74) is -0.732. The number of fused-ring (bicyclic) bond motifs is 2. The van der Waals surface area contributed by atoms with E-state index in [9.17, 15) is 9.90 Å². The van der Waals surface area contributed by atoms with Crippen molar-refractivity contribution in [3.05, 3.63) is 0 Å². The van der Waals surface area contributed by atoms with Crippen LogP contribution in [-0.4, -0.2) is 34.9 Å².